The minimum absolute atomic E-state index is 0.143. The smallest absolute Gasteiger partial charge is 0.163 e. The molecule has 1 unspecified atom stereocenters. The summed E-state index contributed by atoms with van der Waals surface area (Å²) < 4.78 is 26.8. The van der Waals surface area contributed by atoms with Crippen molar-refractivity contribution in [3.8, 4) is 0 Å². The van der Waals surface area contributed by atoms with Crippen molar-refractivity contribution in [1.82, 2.24) is 5.32 Å². The summed E-state index contributed by atoms with van der Waals surface area (Å²) in [6.45, 7) is 4.98. The Hall–Kier alpha value is -0.960. The molecule has 100 valence electrons. The molecule has 1 aliphatic rings. The third-order valence-corrected chi connectivity index (χ3v) is 3.97. The van der Waals surface area contributed by atoms with E-state index in [1.807, 2.05) is 6.92 Å². The van der Waals surface area contributed by atoms with Gasteiger partial charge in [-0.25, -0.2) is 8.78 Å². The predicted molar refractivity (Wildman–Crippen MR) is 69.4 cm³/mol. The fourth-order valence-corrected chi connectivity index (χ4v) is 2.56. The van der Waals surface area contributed by atoms with Crippen LogP contribution < -0.4 is 5.32 Å². The molecule has 0 aromatic heterocycles. The Balaban J connectivity index is 1.96. The van der Waals surface area contributed by atoms with Crippen LogP contribution >= 0.6 is 0 Å². The average molecular weight is 253 g/mol. The Morgan fingerprint density at radius 3 is 2.67 bits per heavy atom. The molecule has 2 rings (SSSR count). The molecule has 3 heteroatoms. The van der Waals surface area contributed by atoms with E-state index >= 15 is 0 Å². The number of hydrogen-bond acceptors (Lipinski definition) is 1. The van der Waals surface area contributed by atoms with Crippen molar-refractivity contribution in [2.75, 3.05) is 6.54 Å². The van der Waals surface area contributed by atoms with Gasteiger partial charge in [-0.05, 0) is 37.7 Å². The summed E-state index contributed by atoms with van der Waals surface area (Å²) >= 11 is 0. The molecule has 0 spiro atoms. The number of rotatable bonds is 6. The molecule has 0 saturated heterocycles. The van der Waals surface area contributed by atoms with E-state index in [4.69, 9.17) is 0 Å². The molecule has 0 amide bonds. The maximum absolute atomic E-state index is 13.6. The highest BCUT2D eigenvalue weighted by Gasteiger charge is 2.41. The first-order valence-electron chi connectivity index (χ1n) is 6.75. The fourth-order valence-electron chi connectivity index (χ4n) is 2.56. The number of nitrogens with one attached hydrogen (secondary N) is 1. The van der Waals surface area contributed by atoms with Crippen molar-refractivity contribution < 1.29 is 8.78 Å². The van der Waals surface area contributed by atoms with E-state index in [-0.39, 0.29) is 6.04 Å². The summed E-state index contributed by atoms with van der Waals surface area (Å²) in [4.78, 5) is 0. The van der Waals surface area contributed by atoms with E-state index in [1.165, 1.54) is 25.7 Å². The molecule has 0 bridgehead atoms. The van der Waals surface area contributed by atoms with Crippen LogP contribution in [0.2, 0.25) is 0 Å². The lowest BCUT2D eigenvalue weighted by atomic mass is 9.99. The molecule has 18 heavy (non-hydrogen) atoms. The van der Waals surface area contributed by atoms with Gasteiger partial charge in [0.25, 0.3) is 0 Å². The van der Waals surface area contributed by atoms with E-state index in [9.17, 15) is 8.78 Å². The Morgan fingerprint density at radius 2 is 2.06 bits per heavy atom. The predicted octanol–water partition coefficient (Wildman–Crippen LogP) is 4.20. The van der Waals surface area contributed by atoms with Crippen molar-refractivity contribution >= 4 is 0 Å². The Bertz CT molecular complexity index is 413. The third kappa shape index (κ3) is 2.89. The monoisotopic (exact) mass is 253 g/mol. The number of halogens is 2. The van der Waals surface area contributed by atoms with E-state index in [1.54, 1.807) is 12.1 Å². The molecule has 1 fully saturated rings. The van der Waals surface area contributed by atoms with Crippen molar-refractivity contribution in [3.05, 3.63) is 35.4 Å². The first-order valence-corrected chi connectivity index (χ1v) is 6.75. The SMILES string of the molecule is CCCC1(CNC(C)c2cccc(F)c2F)CC1. The van der Waals surface area contributed by atoms with Crippen LogP contribution in [0.4, 0.5) is 8.78 Å². The first kappa shape index (κ1) is 13.5. The molecule has 1 aromatic carbocycles. The van der Waals surface area contributed by atoms with Crippen LogP contribution in [0, 0.1) is 17.0 Å². The molecule has 1 N–H and O–H groups in total. The molecule has 1 atom stereocenters. The average Bonchev–Trinajstić information content (AvgIpc) is 3.11. The summed E-state index contributed by atoms with van der Waals surface area (Å²) in [5.74, 6) is -1.49. The molecule has 0 radical (unpaired) electrons. The number of benzene rings is 1. The molecule has 1 nitrogen and oxygen atoms in total. The van der Waals surface area contributed by atoms with Crippen LogP contribution in [0.5, 0.6) is 0 Å². The lowest BCUT2D eigenvalue weighted by molar-refractivity contribution is 0.389. The van der Waals surface area contributed by atoms with E-state index in [0.717, 1.165) is 12.6 Å². The van der Waals surface area contributed by atoms with Crippen molar-refractivity contribution in [2.24, 2.45) is 5.41 Å². The lowest BCUT2D eigenvalue weighted by Crippen LogP contribution is -2.27. The Kier molecular flexibility index (Phi) is 4.00. The van der Waals surface area contributed by atoms with E-state index in [0.29, 0.717) is 11.0 Å². The molecule has 1 aromatic rings. The van der Waals surface area contributed by atoms with Gasteiger partial charge in [0.15, 0.2) is 11.6 Å². The molecular formula is C15H21F2N. The molecule has 0 heterocycles. The van der Waals surface area contributed by atoms with Gasteiger partial charge in [-0.15, -0.1) is 0 Å². The van der Waals surface area contributed by atoms with Gasteiger partial charge in [-0.3, -0.25) is 0 Å². The topological polar surface area (TPSA) is 12.0 Å². The van der Waals surface area contributed by atoms with Gasteiger partial charge in [0.05, 0.1) is 0 Å². The summed E-state index contributed by atoms with van der Waals surface area (Å²) in [5, 5.41) is 3.35. The van der Waals surface area contributed by atoms with Gasteiger partial charge in [0.2, 0.25) is 0 Å². The normalized spacial score (nSPS) is 18.7. The van der Waals surface area contributed by atoms with Crippen LogP contribution in [0.3, 0.4) is 0 Å². The zero-order chi connectivity index (χ0) is 13.2. The van der Waals surface area contributed by atoms with Crippen molar-refractivity contribution in [3.63, 3.8) is 0 Å². The van der Waals surface area contributed by atoms with Gasteiger partial charge in [0.1, 0.15) is 0 Å². The maximum Gasteiger partial charge on any atom is 0.163 e. The Morgan fingerprint density at radius 1 is 1.33 bits per heavy atom. The molecular weight excluding hydrogens is 232 g/mol. The maximum atomic E-state index is 13.6. The van der Waals surface area contributed by atoms with E-state index < -0.39 is 11.6 Å². The van der Waals surface area contributed by atoms with Crippen LogP contribution in [0.1, 0.15) is 51.1 Å². The van der Waals surface area contributed by atoms with Crippen LogP contribution in [0.25, 0.3) is 0 Å². The second-order valence-electron chi connectivity index (χ2n) is 5.50. The Labute approximate surface area is 108 Å². The van der Waals surface area contributed by atoms with Crippen LogP contribution in [-0.2, 0) is 0 Å². The highest BCUT2D eigenvalue weighted by molar-refractivity contribution is 5.22. The fraction of sp³-hybridized carbons (Fsp3) is 0.600. The third-order valence-electron chi connectivity index (χ3n) is 3.97. The molecule has 1 saturated carbocycles. The summed E-state index contributed by atoms with van der Waals surface area (Å²) in [6, 6.07) is 4.22. The lowest BCUT2D eigenvalue weighted by Gasteiger charge is -2.20. The first-order chi connectivity index (χ1) is 8.58. The second kappa shape index (κ2) is 5.35. The van der Waals surface area contributed by atoms with Gasteiger partial charge in [-0.1, -0.05) is 25.5 Å². The van der Waals surface area contributed by atoms with Crippen molar-refractivity contribution in [2.45, 2.75) is 45.6 Å². The van der Waals surface area contributed by atoms with Crippen LogP contribution in [0.15, 0.2) is 18.2 Å². The summed E-state index contributed by atoms with van der Waals surface area (Å²) in [7, 11) is 0. The standard InChI is InChI=1S/C15H21F2N/c1-3-7-15(8-9-15)10-18-11(2)12-5-4-6-13(16)14(12)17/h4-6,11,18H,3,7-10H2,1-2H3. The molecule has 0 aliphatic heterocycles. The largest absolute Gasteiger partial charge is 0.310 e. The minimum atomic E-state index is -0.768. The summed E-state index contributed by atoms with van der Waals surface area (Å²) in [6.07, 6.45) is 4.92. The van der Waals surface area contributed by atoms with Gasteiger partial charge in [-0.2, -0.15) is 0 Å². The highest BCUT2D eigenvalue weighted by Crippen LogP contribution is 2.49. The number of hydrogen-bond donors (Lipinski definition) is 1. The minimum Gasteiger partial charge on any atom is -0.310 e. The molecule has 1 aliphatic carbocycles. The second-order valence-corrected chi connectivity index (χ2v) is 5.50. The summed E-state index contributed by atoms with van der Waals surface area (Å²) in [5.41, 5.74) is 0.842. The van der Waals surface area contributed by atoms with Gasteiger partial charge < -0.3 is 5.32 Å². The quantitative estimate of drug-likeness (QED) is 0.801. The zero-order valence-electron chi connectivity index (χ0n) is 11.1. The zero-order valence-corrected chi connectivity index (χ0v) is 11.1. The highest BCUT2D eigenvalue weighted by atomic mass is 19.2. The van der Waals surface area contributed by atoms with Crippen molar-refractivity contribution in [1.29, 1.82) is 0 Å². The van der Waals surface area contributed by atoms with Gasteiger partial charge >= 0.3 is 0 Å². The van der Waals surface area contributed by atoms with Crippen LogP contribution in [-0.4, -0.2) is 6.54 Å². The van der Waals surface area contributed by atoms with E-state index in [2.05, 4.69) is 12.2 Å². The van der Waals surface area contributed by atoms with Gasteiger partial charge in [0, 0.05) is 18.2 Å².